The summed E-state index contributed by atoms with van der Waals surface area (Å²) in [5.41, 5.74) is 1.09. The third kappa shape index (κ3) is 6.51. The van der Waals surface area contributed by atoms with Crippen LogP contribution in [0.25, 0.3) is 0 Å². The first-order chi connectivity index (χ1) is 15.0. The van der Waals surface area contributed by atoms with Crippen LogP contribution in [-0.4, -0.2) is 60.0 Å². The van der Waals surface area contributed by atoms with Crippen LogP contribution in [0.15, 0.2) is 18.2 Å². The molecule has 0 radical (unpaired) electrons. The molecule has 1 aromatic rings. The molecular weight excluding hydrogens is 431 g/mol. The summed E-state index contributed by atoms with van der Waals surface area (Å²) in [6.45, 7) is 1.83. The van der Waals surface area contributed by atoms with Gasteiger partial charge in [0.15, 0.2) is 0 Å². The normalized spacial score (nSPS) is 23.3. The number of nitrogens with zero attached hydrogens (tertiary/aromatic N) is 1. The summed E-state index contributed by atoms with van der Waals surface area (Å²) in [6, 6.07) is 6.31. The number of piperidine rings is 1. The number of alkyl halides is 3. The van der Waals surface area contributed by atoms with Gasteiger partial charge in [0.2, 0.25) is 0 Å². The minimum Gasteiger partial charge on any atom is -0.497 e. The third-order valence-corrected chi connectivity index (χ3v) is 6.28. The van der Waals surface area contributed by atoms with Crippen molar-refractivity contribution in [2.45, 2.75) is 63.7 Å². The molecule has 3 rings (SSSR count). The van der Waals surface area contributed by atoms with Crippen LogP contribution in [0.4, 0.5) is 13.2 Å². The van der Waals surface area contributed by atoms with Crippen LogP contribution in [0.5, 0.6) is 11.5 Å². The fourth-order valence-corrected chi connectivity index (χ4v) is 4.93. The van der Waals surface area contributed by atoms with E-state index in [0.717, 1.165) is 62.3 Å². The predicted molar refractivity (Wildman–Crippen MR) is 110 cm³/mol. The van der Waals surface area contributed by atoms with Crippen molar-refractivity contribution in [3.05, 3.63) is 23.8 Å². The summed E-state index contributed by atoms with van der Waals surface area (Å²) in [7, 11) is 3.34. The number of hydrogen-bond donors (Lipinski definition) is 2. The van der Waals surface area contributed by atoms with Crippen LogP contribution in [0.1, 0.15) is 50.5 Å². The number of ether oxygens (including phenoxy) is 2. The first-order valence-electron chi connectivity index (χ1n) is 10.5. The molecule has 0 unspecified atom stereocenters. The highest BCUT2D eigenvalue weighted by molar-refractivity contribution is 5.73. The number of likely N-dealkylation sites (tertiary alicyclic amines) is 1. The maximum atomic E-state index is 11.5. The second-order valence-corrected chi connectivity index (χ2v) is 8.25. The lowest BCUT2D eigenvalue weighted by atomic mass is 9.63. The van der Waals surface area contributed by atoms with E-state index in [1.165, 1.54) is 6.42 Å². The average Bonchev–Trinajstić information content (AvgIpc) is 2.73. The van der Waals surface area contributed by atoms with Gasteiger partial charge in [-0.25, -0.2) is 4.79 Å². The molecule has 180 valence electrons. The van der Waals surface area contributed by atoms with Crippen LogP contribution in [0.3, 0.4) is 0 Å². The van der Waals surface area contributed by atoms with Gasteiger partial charge in [-0.1, -0.05) is 18.9 Å². The number of benzene rings is 1. The molecule has 1 aliphatic carbocycles. The first-order valence-corrected chi connectivity index (χ1v) is 10.5. The molecule has 1 heterocycles. The van der Waals surface area contributed by atoms with Gasteiger partial charge in [-0.05, 0) is 43.7 Å². The lowest BCUT2D eigenvalue weighted by Gasteiger charge is -2.52. The Kier molecular flexibility index (Phi) is 8.77. The number of halogens is 3. The molecule has 1 saturated carbocycles. The van der Waals surface area contributed by atoms with Gasteiger partial charge < -0.3 is 19.7 Å². The first kappa shape index (κ1) is 25.8. The largest absolute Gasteiger partial charge is 0.497 e. The van der Waals surface area contributed by atoms with Gasteiger partial charge in [-0.2, -0.15) is 13.2 Å². The number of methoxy groups -OCH3 is 2. The van der Waals surface area contributed by atoms with E-state index in [9.17, 15) is 23.1 Å². The Balaban J connectivity index is 0.000000451. The van der Waals surface area contributed by atoms with Gasteiger partial charge in [0.05, 0.1) is 20.6 Å². The molecule has 0 aromatic heterocycles. The van der Waals surface area contributed by atoms with Crippen LogP contribution < -0.4 is 9.47 Å². The number of aliphatic carboxylic acids is 2. The standard InChI is InChI=1S/C20H29NO4.C2HF3O2/c1-24-16-8-7-15(17(12-16)25-2)14-21-11-5-10-20(13-19(22)23)9-4-3-6-18(20)21;3-2(4,5)1(6)7/h7-8,12,18H,3-6,9-11,13-14H2,1-2H3,(H,22,23);(H,6,7)/t18-,20-;/m1./s1. The van der Waals surface area contributed by atoms with Crippen molar-refractivity contribution in [3.63, 3.8) is 0 Å². The second kappa shape index (κ2) is 10.9. The highest BCUT2D eigenvalue weighted by Gasteiger charge is 2.47. The minimum absolute atomic E-state index is 0.0535. The maximum Gasteiger partial charge on any atom is 0.490 e. The summed E-state index contributed by atoms with van der Waals surface area (Å²) in [5, 5.41) is 16.6. The smallest absolute Gasteiger partial charge is 0.490 e. The zero-order valence-corrected chi connectivity index (χ0v) is 18.3. The van der Waals surface area contributed by atoms with E-state index >= 15 is 0 Å². The topological polar surface area (TPSA) is 96.3 Å². The summed E-state index contributed by atoms with van der Waals surface area (Å²) in [5.74, 6) is -1.79. The molecule has 0 amide bonds. The molecular formula is C22H30F3NO6. The number of hydrogen-bond acceptors (Lipinski definition) is 5. The van der Waals surface area contributed by atoms with Crippen LogP contribution in [-0.2, 0) is 16.1 Å². The third-order valence-electron chi connectivity index (χ3n) is 6.28. The summed E-state index contributed by atoms with van der Waals surface area (Å²) in [6.07, 6.45) is 1.83. The van der Waals surface area contributed by atoms with Gasteiger partial charge in [0.25, 0.3) is 0 Å². The Morgan fingerprint density at radius 1 is 1.12 bits per heavy atom. The van der Waals surface area contributed by atoms with E-state index in [1.54, 1.807) is 14.2 Å². The average molecular weight is 461 g/mol. The van der Waals surface area contributed by atoms with E-state index in [4.69, 9.17) is 19.4 Å². The Bertz CT molecular complexity index is 796. The molecule has 32 heavy (non-hydrogen) atoms. The fraction of sp³-hybridized carbons (Fsp3) is 0.636. The summed E-state index contributed by atoms with van der Waals surface area (Å²) < 4.78 is 42.6. The monoisotopic (exact) mass is 461 g/mol. The van der Waals surface area contributed by atoms with Crippen LogP contribution in [0, 0.1) is 5.41 Å². The molecule has 2 atom stereocenters. The van der Waals surface area contributed by atoms with Gasteiger partial charge in [-0.15, -0.1) is 0 Å². The van der Waals surface area contributed by atoms with Crippen molar-refractivity contribution in [1.29, 1.82) is 0 Å². The molecule has 7 nitrogen and oxygen atoms in total. The molecule has 2 aliphatic rings. The molecule has 10 heteroatoms. The van der Waals surface area contributed by atoms with E-state index in [-0.39, 0.29) is 5.41 Å². The zero-order valence-electron chi connectivity index (χ0n) is 18.3. The second-order valence-electron chi connectivity index (χ2n) is 8.25. The highest BCUT2D eigenvalue weighted by atomic mass is 19.4. The molecule has 2 fully saturated rings. The van der Waals surface area contributed by atoms with Crippen molar-refractivity contribution in [1.82, 2.24) is 4.90 Å². The lowest BCUT2D eigenvalue weighted by Crippen LogP contribution is -2.54. The van der Waals surface area contributed by atoms with E-state index < -0.39 is 18.1 Å². The van der Waals surface area contributed by atoms with Gasteiger partial charge >= 0.3 is 18.1 Å². The molecule has 1 aromatic carbocycles. The van der Waals surface area contributed by atoms with Crippen molar-refractivity contribution in [2.24, 2.45) is 5.41 Å². The number of carbonyl (C=O) groups is 2. The van der Waals surface area contributed by atoms with E-state index in [1.807, 2.05) is 12.1 Å². The lowest BCUT2D eigenvalue weighted by molar-refractivity contribution is -0.192. The Morgan fingerprint density at radius 3 is 2.34 bits per heavy atom. The predicted octanol–water partition coefficient (Wildman–Crippen LogP) is 4.34. The summed E-state index contributed by atoms with van der Waals surface area (Å²) >= 11 is 0. The minimum atomic E-state index is -5.08. The Hall–Kier alpha value is -2.49. The van der Waals surface area contributed by atoms with E-state index in [2.05, 4.69) is 11.0 Å². The van der Waals surface area contributed by atoms with Crippen molar-refractivity contribution >= 4 is 11.9 Å². The number of fused-ring (bicyclic) bond motifs is 1. The van der Waals surface area contributed by atoms with Gasteiger partial charge in [0, 0.05) is 24.2 Å². The van der Waals surface area contributed by atoms with Crippen molar-refractivity contribution in [2.75, 3.05) is 20.8 Å². The van der Waals surface area contributed by atoms with E-state index in [0.29, 0.717) is 12.5 Å². The van der Waals surface area contributed by atoms with Crippen molar-refractivity contribution in [3.8, 4) is 11.5 Å². The number of rotatable bonds is 6. The SMILES string of the molecule is COc1ccc(CN2CCC[C@@]3(CC(=O)O)CCCC[C@@H]23)c(OC)c1.O=C(O)C(F)(F)F. The van der Waals surface area contributed by atoms with Crippen molar-refractivity contribution < 1.29 is 42.4 Å². The fourth-order valence-electron chi connectivity index (χ4n) is 4.93. The Labute approximate surface area is 185 Å². The maximum absolute atomic E-state index is 11.5. The molecule has 1 saturated heterocycles. The van der Waals surface area contributed by atoms with Crippen LogP contribution in [0.2, 0.25) is 0 Å². The molecule has 2 N–H and O–H groups in total. The number of carboxylic acids is 2. The quantitative estimate of drug-likeness (QED) is 0.651. The van der Waals surface area contributed by atoms with Crippen LogP contribution >= 0.6 is 0 Å². The van der Waals surface area contributed by atoms with Gasteiger partial charge in [0.1, 0.15) is 11.5 Å². The Morgan fingerprint density at radius 2 is 1.78 bits per heavy atom. The summed E-state index contributed by atoms with van der Waals surface area (Å²) in [4.78, 5) is 22.9. The molecule has 0 spiro atoms. The number of carboxylic acid groups (broad SMARTS) is 2. The zero-order chi connectivity index (χ0) is 23.9. The molecule has 1 aliphatic heterocycles. The highest BCUT2D eigenvalue weighted by Crippen LogP contribution is 2.49. The van der Waals surface area contributed by atoms with Gasteiger partial charge in [-0.3, -0.25) is 9.69 Å². The molecule has 0 bridgehead atoms.